The van der Waals surface area contributed by atoms with Crippen LogP contribution in [0.4, 0.5) is 5.69 Å². The summed E-state index contributed by atoms with van der Waals surface area (Å²) in [4.78, 5) is 21.2. The number of carboxylic acid groups (broad SMARTS) is 1. The van der Waals surface area contributed by atoms with E-state index in [0.717, 1.165) is 0 Å². The molecule has 1 aromatic heterocycles. The van der Waals surface area contributed by atoms with Gasteiger partial charge in [-0.1, -0.05) is 6.08 Å². The lowest BCUT2D eigenvalue weighted by molar-refractivity contribution is -0.384. The van der Waals surface area contributed by atoms with Crippen molar-refractivity contribution in [3.63, 3.8) is 0 Å². The number of carbonyl (C=O) groups is 1. The summed E-state index contributed by atoms with van der Waals surface area (Å²) >= 11 is 0. The molecule has 0 radical (unpaired) electrons. The summed E-state index contributed by atoms with van der Waals surface area (Å²) in [5.74, 6) is -1.09. The molecule has 0 unspecified atom stereocenters. The lowest BCUT2D eigenvalue weighted by Crippen LogP contribution is -2.08. The predicted molar refractivity (Wildman–Crippen MR) is 71.5 cm³/mol. The quantitative estimate of drug-likeness (QED) is 0.512. The Kier molecular flexibility index (Phi) is 3.60. The molecule has 0 aliphatic rings. The first-order chi connectivity index (χ1) is 9.52. The van der Waals surface area contributed by atoms with Crippen LogP contribution in [-0.2, 0) is 6.54 Å². The van der Waals surface area contributed by atoms with Gasteiger partial charge in [0.05, 0.1) is 17.2 Å². The second-order valence-electron chi connectivity index (χ2n) is 3.99. The van der Waals surface area contributed by atoms with Crippen molar-refractivity contribution in [1.82, 2.24) is 9.78 Å². The summed E-state index contributed by atoms with van der Waals surface area (Å²) in [6, 6.07) is 7.19. The molecular weight excluding hydrogens is 262 g/mol. The monoisotopic (exact) mass is 273 g/mol. The van der Waals surface area contributed by atoms with E-state index < -0.39 is 10.9 Å². The number of allylic oxidation sites excluding steroid dienone is 1. The molecule has 102 valence electrons. The van der Waals surface area contributed by atoms with Gasteiger partial charge in [0.25, 0.3) is 5.69 Å². The summed E-state index contributed by atoms with van der Waals surface area (Å²) < 4.78 is 1.31. The number of nitro benzene ring substituents is 1. The van der Waals surface area contributed by atoms with Crippen molar-refractivity contribution in [2.24, 2.45) is 0 Å². The molecule has 7 nitrogen and oxygen atoms in total. The third-order valence-electron chi connectivity index (χ3n) is 2.68. The van der Waals surface area contributed by atoms with E-state index in [0.29, 0.717) is 11.3 Å². The van der Waals surface area contributed by atoms with Crippen molar-refractivity contribution in [1.29, 1.82) is 0 Å². The van der Waals surface area contributed by atoms with Crippen LogP contribution >= 0.6 is 0 Å². The van der Waals surface area contributed by atoms with Crippen molar-refractivity contribution in [2.75, 3.05) is 0 Å². The largest absolute Gasteiger partial charge is 0.477 e. The Morgan fingerprint density at radius 3 is 2.60 bits per heavy atom. The highest BCUT2D eigenvalue weighted by Gasteiger charge is 2.15. The molecule has 0 amide bonds. The number of hydrogen-bond donors (Lipinski definition) is 1. The van der Waals surface area contributed by atoms with Gasteiger partial charge in [0.2, 0.25) is 0 Å². The molecule has 1 aromatic carbocycles. The molecule has 0 fully saturated rings. The molecule has 1 N–H and O–H groups in total. The molecule has 1 heterocycles. The number of carboxylic acids is 1. The second-order valence-corrected chi connectivity index (χ2v) is 3.99. The van der Waals surface area contributed by atoms with Crippen molar-refractivity contribution in [3.8, 4) is 11.3 Å². The minimum atomic E-state index is -1.09. The molecule has 0 aliphatic heterocycles. The van der Waals surface area contributed by atoms with Gasteiger partial charge >= 0.3 is 5.97 Å². The maximum atomic E-state index is 11.1. The van der Waals surface area contributed by atoms with Crippen molar-refractivity contribution >= 4 is 11.7 Å². The predicted octanol–water partition coefficient (Wildman–Crippen LogP) is 2.34. The zero-order valence-electron chi connectivity index (χ0n) is 10.4. The summed E-state index contributed by atoms with van der Waals surface area (Å²) in [5.41, 5.74) is 1.07. The normalized spacial score (nSPS) is 10.2. The van der Waals surface area contributed by atoms with Crippen molar-refractivity contribution in [2.45, 2.75) is 6.54 Å². The summed E-state index contributed by atoms with van der Waals surface area (Å²) in [6.45, 7) is 3.81. The number of non-ortho nitro benzene ring substituents is 1. The highest BCUT2D eigenvalue weighted by Crippen LogP contribution is 2.22. The molecule has 0 saturated heterocycles. The number of hydrogen-bond acceptors (Lipinski definition) is 4. The lowest BCUT2D eigenvalue weighted by atomic mass is 10.1. The average Bonchev–Trinajstić information content (AvgIpc) is 2.83. The van der Waals surface area contributed by atoms with Gasteiger partial charge < -0.3 is 5.11 Å². The van der Waals surface area contributed by atoms with Crippen molar-refractivity contribution in [3.05, 3.63) is 58.8 Å². The molecule has 7 heteroatoms. The first kappa shape index (κ1) is 13.5. The molecule has 0 atom stereocenters. The number of benzene rings is 1. The van der Waals surface area contributed by atoms with Crippen LogP contribution in [-0.4, -0.2) is 25.8 Å². The fraction of sp³-hybridized carbons (Fsp3) is 0.0769. The Hall–Kier alpha value is -2.96. The highest BCUT2D eigenvalue weighted by molar-refractivity contribution is 5.87. The molecule has 2 rings (SSSR count). The molecule has 0 aliphatic carbocycles. The molecule has 2 aromatic rings. The topological polar surface area (TPSA) is 98.3 Å². The van der Waals surface area contributed by atoms with Crippen LogP contribution in [0.25, 0.3) is 11.3 Å². The maximum Gasteiger partial charge on any atom is 0.354 e. The van der Waals surface area contributed by atoms with Crippen LogP contribution in [0.3, 0.4) is 0 Å². The van der Waals surface area contributed by atoms with E-state index in [9.17, 15) is 14.9 Å². The van der Waals surface area contributed by atoms with E-state index in [1.54, 1.807) is 6.08 Å². The van der Waals surface area contributed by atoms with Gasteiger partial charge in [0.1, 0.15) is 5.69 Å². The first-order valence-corrected chi connectivity index (χ1v) is 5.70. The molecule has 0 spiro atoms. The first-order valence-electron chi connectivity index (χ1n) is 5.70. The zero-order chi connectivity index (χ0) is 14.7. The van der Waals surface area contributed by atoms with Gasteiger partial charge in [-0.15, -0.1) is 6.58 Å². The second kappa shape index (κ2) is 5.35. The van der Waals surface area contributed by atoms with Crippen LogP contribution in [0.5, 0.6) is 0 Å². The van der Waals surface area contributed by atoms with Gasteiger partial charge in [-0.25, -0.2) is 4.79 Å². The third kappa shape index (κ3) is 2.56. The molecular formula is C13H11N3O4. The van der Waals surface area contributed by atoms with Gasteiger partial charge in [0, 0.05) is 17.7 Å². The Labute approximate surface area is 113 Å². The number of aromatic carboxylic acids is 1. The summed E-state index contributed by atoms with van der Waals surface area (Å²) in [5, 5.41) is 23.8. The lowest BCUT2D eigenvalue weighted by Gasteiger charge is -1.99. The number of aromatic nitrogens is 2. The van der Waals surface area contributed by atoms with Crippen LogP contribution < -0.4 is 0 Å². The van der Waals surface area contributed by atoms with Crippen LogP contribution in [0.2, 0.25) is 0 Å². The number of rotatable bonds is 5. The average molecular weight is 273 g/mol. The number of nitrogens with zero attached hydrogens (tertiary/aromatic N) is 3. The van der Waals surface area contributed by atoms with Gasteiger partial charge in [-0.2, -0.15) is 5.10 Å². The summed E-state index contributed by atoms with van der Waals surface area (Å²) in [6.07, 6.45) is 1.54. The highest BCUT2D eigenvalue weighted by atomic mass is 16.6. The molecule has 0 bridgehead atoms. The maximum absolute atomic E-state index is 11.1. The standard InChI is InChI=1S/C13H11N3O4/c1-2-7-15-12(13(17)18)8-11(14-15)9-3-5-10(6-4-9)16(19)20/h2-6,8H,1,7H2,(H,17,18). The molecule has 0 saturated carbocycles. The fourth-order valence-electron chi connectivity index (χ4n) is 1.75. The smallest absolute Gasteiger partial charge is 0.354 e. The zero-order valence-corrected chi connectivity index (χ0v) is 10.4. The van der Waals surface area contributed by atoms with E-state index in [-0.39, 0.29) is 17.9 Å². The summed E-state index contributed by atoms with van der Waals surface area (Å²) in [7, 11) is 0. The Morgan fingerprint density at radius 1 is 1.45 bits per heavy atom. The third-order valence-corrected chi connectivity index (χ3v) is 2.68. The number of nitro groups is 1. The Bertz CT molecular complexity index is 673. The van der Waals surface area contributed by atoms with Gasteiger partial charge in [0.15, 0.2) is 0 Å². The van der Waals surface area contributed by atoms with Crippen LogP contribution in [0.1, 0.15) is 10.5 Å². The Balaban J connectivity index is 2.42. The van der Waals surface area contributed by atoms with Crippen molar-refractivity contribution < 1.29 is 14.8 Å². The van der Waals surface area contributed by atoms with E-state index >= 15 is 0 Å². The van der Waals surface area contributed by atoms with Gasteiger partial charge in [-0.05, 0) is 18.2 Å². The fourth-order valence-corrected chi connectivity index (χ4v) is 1.75. The van der Waals surface area contributed by atoms with E-state index in [1.165, 1.54) is 35.0 Å². The van der Waals surface area contributed by atoms with E-state index in [4.69, 9.17) is 5.11 Å². The van der Waals surface area contributed by atoms with Gasteiger partial charge in [-0.3, -0.25) is 14.8 Å². The minimum Gasteiger partial charge on any atom is -0.477 e. The Morgan fingerprint density at radius 2 is 2.10 bits per heavy atom. The SMILES string of the molecule is C=CCn1nc(-c2ccc([N+](=O)[O-])cc2)cc1C(=O)O. The van der Waals surface area contributed by atoms with E-state index in [1.807, 2.05) is 0 Å². The van der Waals surface area contributed by atoms with Crippen LogP contribution in [0.15, 0.2) is 43.0 Å². The molecule has 20 heavy (non-hydrogen) atoms. The minimum absolute atomic E-state index is 0.0299. The van der Waals surface area contributed by atoms with Crippen LogP contribution in [0, 0.1) is 10.1 Å². The van der Waals surface area contributed by atoms with E-state index in [2.05, 4.69) is 11.7 Å².